The van der Waals surface area contributed by atoms with Crippen LogP contribution in [-0.4, -0.2) is 43.7 Å². The van der Waals surface area contributed by atoms with E-state index >= 15 is 0 Å². The van der Waals surface area contributed by atoms with Gasteiger partial charge in [0.2, 0.25) is 0 Å². The van der Waals surface area contributed by atoms with Gasteiger partial charge in [-0.25, -0.2) is 0 Å². The summed E-state index contributed by atoms with van der Waals surface area (Å²) in [5.74, 6) is -0.178. The summed E-state index contributed by atoms with van der Waals surface area (Å²) in [6, 6.07) is 8.76. The summed E-state index contributed by atoms with van der Waals surface area (Å²) >= 11 is 0. The van der Waals surface area contributed by atoms with Crippen LogP contribution >= 0.6 is 0 Å². The van der Waals surface area contributed by atoms with Crippen LogP contribution in [0.25, 0.3) is 0 Å². The molecule has 0 aliphatic carbocycles. The van der Waals surface area contributed by atoms with Gasteiger partial charge in [-0.2, -0.15) is 0 Å². The van der Waals surface area contributed by atoms with Gasteiger partial charge in [0.05, 0.1) is 13.5 Å². The summed E-state index contributed by atoms with van der Waals surface area (Å²) in [7, 11) is 1.44. The number of ether oxygens (including phenoxy) is 1. The Morgan fingerprint density at radius 2 is 2.15 bits per heavy atom. The molecule has 4 heteroatoms. The summed E-state index contributed by atoms with van der Waals surface area (Å²) in [6.07, 6.45) is 1.56. The molecule has 4 nitrogen and oxygen atoms in total. The lowest BCUT2D eigenvalue weighted by molar-refractivity contribution is -0.139. The lowest BCUT2D eigenvalue weighted by Gasteiger charge is -2.27. The maximum absolute atomic E-state index is 11.5. The van der Waals surface area contributed by atoms with E-state index in [1.165, 1.54) is 19.1 Å². The van der Waals surface area contributed by atoms with Crippen molar-refractivity contribution in [3.63, 3.8) is 0 Å². The van der Waals surface area contributed by atoms with Gasteiger partial charge in [0, 0.05) is 19.1 Å². The topological polar surface area (TPSA) is 41.6 Å². The molecule has 1 atom stereocenters. The van der Waals surface area contributed by atoms with Crippen LogP contribution in [0.1, 0.15) is 24.5 Å². The fourth-order valence-electron chi connectivity index (χ4n) is 2.78. The van der Waals surface area contributed by atoms with E-state index < -0.39 is 0 Å². The Hall–Kier alpha value is -1.39. The molecular formula is C16H24N2O2. The number of nitrogens with zero attached hydrogens (tertiary/aromatic N) is 1. The van der Waals surface area contributed by atoms with E-state index in [0.29, 0.717) is 12.5 Å². The Kier molecular flexibility index (Phi) is 5.56. The van der Waals surface area contributed by atoms with Crippen molar-refractivity contribution in [3.8, 4) is 0 Å². The number of carbonyl (C=O) groups excluding carboxylic acids is 1. The predicted molar refractivity (Wildman–Crippen MR) is 79.5 cm³/mol. The minimum atomic E-state index is -0.178. The smallest absolute Gasteiger partial charge is 0.309 e. The zero-order valence-corrected chi connectivity index (χ0v) is 12.4. The van der Waals surface area contributed by atoms with Gasteiger partial charge < -0.3 is 10.1 Å². The highest BCUT2D eigenvalue weighted by Gasteiger charge is 2.21. The van der Waals surface area contributed by atoms with Crippen LogP contribution < -0.4 is 5.32 Å². The van der Waals surface area contributed by atoms with Crippen molar-refractivity contribution in [1.82, 2.24) is 10.2 Å². The number of hydrogen-bond acceptors (Lipinski definition) is 4. The van der Waals surface area contributed by atoms with E-state index in [4.69, 9.17) is 4.74 Å². The van der Waals surface area contributed by atoms with Gasteiger partial charge in [0.25, 0.3) is 0 Å². The molecule has 0 radical (unpaired) electrons. The van der Waals surface area contributed by atoms with Crippen molar-refractivity contribution in [2.75, 3.05) is 26.7 Å². The van der Waals surface area contributed by atoms with Crippen LogP contribution in [0.2, 0.25) is 0 Å². The average Bonchev–Trinajstić information content (AvgIpc) is 3.00. The third-order valence-electron chi connectivity index (χ3n) is 4.01. The predicted octanol–water partition coefficient (Wildman–Crippen LogP) is 1.59. The zero-order valence-electron chi connectivity index (χ0n) is 12.4. The standard InChI is InChI=1S/C16H24N2O2/c1-3-18(15-8-9-17-11-15)12-14-7-5-4-6-13(14)10-16(19)20-2/h4-7,15,17H,3,8-12H2,1-2H3. The monoisotopic (exact) mass is 276 g/mol. The van der Waals surface area contributed by atoms with Gasteiger partial charge in [-0.05, 0) is 30.6 Å². The molecule has 2 rings (SSSR count). The van der Waals surface area contributed by atoms with Gasteiger partial charge in [0.15, 0.2) is 0 Å². The van der Waals surface area contributed by atoms with E-state index in [2.05, 4.69) is 23.2 Å². The van der Waals surface area contributed by atoms with Crippen molar-refractivity contribution in [3.05, 3.63) is 35.4 Å². The fourth-order valence-corrected chi connectivity index (χ4v) is 2.78. The van der Waals surface area contributed by atoms with Crippen molar-refractivity contribution in [2.24, 2.45) is 0 Å². The summed E-state index contributed by atoms with van der Waals surface area (Å²) in [5, 5.41) is 3.41. The molecule has 1 unspecified atom stereocenters. The first-order chi connectivity index (χ1) is 9.74. The molecular weight excluding hydrogens is 252 g/mol. The Balaban J connectivity index is 2.08. The Labute approximate surface area is 121 Å². The van der Waals surface area contributed by atoms with Crippen LogP contribution in [0.4, 0.5) is 0 Å². The molecule has 1 aliphatic rings. The molecule has 1 fully saturated rings. The molecule has 110 valence electrons. The van der Waals surface area contributed by atoms with Crippen LogP contribution in [0.3, 0.4) is 0 Å². The van der Waals surface area contributed by atoms with E-state index in [1.807, 2.05) is 18.2 Å². The van der Waals surface area contributed by atoms with Crippen LogP contribution in [0, 0.1) is 0 Å². The molecule has 1 N–H and O–H groups in total. The van der Waals surface area contributed by atoms with Gasteiger partial charge in [-0.1, -0.05) is 31.2 Å². The highest BCUT2D eigenvalue weighted by atomic mass is 16.5. The average molecular weight is 276 g/mol. The first-order valence-electron chi connectivity index (χ1n) is 7.33. The lowest BCUT2D eigenvalue weighted by atomic mass is 10.0. The number of rotatable bonds is 6. The molecule has 0 saturated carbocycles. The van der Waals surface area contributed by atoms with E-state index in [9.17, 15) is 4.79 Å². The summed E-state index contributed by atoms with van der Waals surface area (Å²) in [6.45, 7) is 6.29. The largest absolute Gasteiger partial charge is 0.469 e. The second kappa shape index (κ2) is 7.41. The number of benzene rings is 1. The van der Waals surface area contributed by atoms with Crippen molar-refractivity contribution >= 4 is 5.97 Å². The SMILES string of the molecule is CCN(Cc1ccccc1CC(=O)OC)C1CCNC1. The second-order valence-corrected chi connectivity index (χ2v) is 5.23. The number of esters is 1. The number of carbonyl (C=O) groups is 1. The zero-order chi connectivity index (χ0) is 14.4. The quantitative estimate of drug-likeness (QED) is 0.801. The van der Waals surface area contributed by atoms with Gasteiger partial charge in [-0.15, -0.1) is 0 Å². The summed E-state index contributed by atoms with van der Waals surface area (Å²) in [5.41, 5.74) is 2.30. The molecule has 1 aromatic carbocycles. The molecule has 0 aromatic heterocycles. The molecule has 1 heterocycles. The number of nitrogens with one attached hydrogen (secondary N) is 1. The molecule has 20 heavy (non-hydrogen) atoms. The van der Waals surface area contributed by atoms with Crippen molar-refractivity contribution < 1.29 is 9.53 Å². The van der Waals surface area contributed by atoms with E-state index in [0.717, 1.165) is 31.7 Å². The summed E-state index contributed by atoms with van der Waals surface area (Å²) < 4.78 is 4.78. The molecule has 1 aliphatic heterocycles. The lowest BCUT2D eigenvalue weighted by Crippen LogP contribution is -2.36. The summed E-state index contributed by atoms with van der Waals surface area (Å²) in [4.78, 5) is 14.0. The fraction of sp³-hybridized carbons (Fsp3) is 0.562. The number of hydrogen-bond donors (Lipinski definition) is 1. The second-order valence-electron chi connectivity index (χ2n) is 5.23. The maximum Gasteiger partial charge on any atom is 0.309 e. The van der Waals surface area contributed by atoms with Crippen LogP contribution in [-0.2, 0) is 22.5 Å². The Morgan fingerprint density at radius 3 is 2.75 bits per heavy atom. The first-order valence-corrected chi connectivity index (χ1v) is 7.33. The third-order valence-corrected chi connectivity index (χ3v) is 4.01. The van der Waals surface area contributed by atoms with Crippen molar-refractivity contribution in [2.45, 2.75) is 32.4 Å². The van der Waals surface area contributed by atoms with Crippen LogP contribution in [0.5, 0.6) is 0 Å². The Morgan fingerprint density at radius 1 is 1.40 bits per heavy atom. The number of likely N-dealkylation sites (N-methyl/N-ethyl adjacent to an activating group) is 1. The van der Waals surface area contributed by atoms with E-state index in [-0.39, 0.29) is 5.97 Å². The highest BCUT2D eigenvalue weighted by molar-refractivity contribution is 5.72. The molecule has 0 bridgehead atoms. The minimum Gasteiger partial charge on any atom is -0.469 e. The highest BCUT2D eigenvalue weighted by Crippen LogP contribution is 2.17. The van der Waals surface area contributed by atoms with Gasteiger partial charge >= 0.3 is 5.97 Å². The Bertz CT molecular complexity index is 442. The van der Waals surface area contributed by atoms with Gasteiger partial charge in [-0.3, -0.25) is 9.69 Å². The maximum atomic E-state index is 11.5. The molecule has 0 amide bonds. The minimum absolute atomic E-state index is 0.178. The van der Waals surface area contributed by atoms with Crippen LogP contribution in [0.15, 0.2) is 24.3 Å². The molecule has 1 aromatic rings. The molecule has 1 saturated heterocycles. The third kappa shape index (κ3) is 3.81. The van der Waals surface area contributed by atoms with E-state index in [1.54, 1.807) is 0 Å². The first kappa shape index (κ1) is 15.0. The van der Waals surface area contributed by atoms with Gasteiger partial charge in [0.1, 0.15) is 0 Å². The number of methoxy groups -OCH3 is 1. The molecule has 0 spiro atoms. The van der Waals surface area contributed by atoms with Crippen molar-refractivity contribution in [1.29, 1.82) is 0 Å². The normalized spacial score (nSPS) is 18.4.